The predicted octanol–water partition coefficient (Wildman–Crippen LogP) is 6.66. The summed E-state index contributed by atoms with van der Waals surface area (Å²) in [6.07, 6.45) is 4.13. The summed E-state index contributed by atoms with van der Waals surface area (Å²) < 4.78 is 0. The van der Waals surface area contributed by atoms with Crippen molar-refractivity contribution in [2.45, 2.75) is 39.7 Å². The molecule has 1 atom stereocenters. The lowest BCUT2D eigenvalue weighted by atomic mass is 9.96. The molecule has 0 heterocycles. The van der Waals surface area contributed by atoms with Gasteiger partial charge in [0.05, 0.1) is 6.04 Å². The zero-order valence-electron chi connectivity index (χ0n) is 15.9. The summed E-state index contributed by atoms with van der Waals surface area (Å²) in [5.41, 5.74) is 7.76. The van der Waals surface area contributed by atoms with Crippen molar-refractivity contribution in [3.63, 3.8) is 0 Å². The van der Waals surface area contributed by atoms with Gasteiger partial charge >= 0.3 is 0 Å². The van der Waals surface area contributed by atoms with E-state index in [-0.39, 0.29) is 6.04 Å². The Morgan fingerprint density at radius 2 is 1.50 bits per heavy atom. The lowest BCUT2D eigenvalue weighted by Crippen LogP contribution is -1.99. The van der Waals surface area contributed by atoms with Crippen LogP contribution in [0.15, 0.2) is 77.8 Å². The van der Waals surface area contributed by atoms with Gasteiger partial charge < -0.3 is 0 Å². The van der Waals surface area contributed by atoms with Crippen LogP contribution >= 0.6 is 0 Å². The van der Waals surface area contributed by atoms with Crippen LogP contribution < -0.4 is 0 Å². The van der Waals surface area contributed by atoms with E-state index in [4.69, 9.17) is 4.99 Å². The van der Waals surface area contributed by atoms with E-state index >= 15 is 0 Å². The number of benzene rings is 3. The van der Waals surface area contributed by atoms with Crippen molar-refractivity contribution in [1.82, 2.24) is 0 Å². The molecule has 1 nitrogen and oxygen atoms in total. The highest BCUT2D eigenvalue weighted by Gasteiger charge is 2.08. The fourth-order valence-corrected chi connectivity index (χ4v) is 3.26. The van der Waals surface area contributed by atoms with Gasteiger partial charge in [0.2, 0.25) is 0 Å². The summed E-state index contributed by atoms with van der Waals surface area (Å²) in [6, 6.07) is 26.0. The molecule has 132 valence electrons. The van der Waals surface area contributed by atoms with Gasteiger partial charge in [0, 0.05) is 6.21 Å². The number of hydrogen-bond acceptors (Lipinski definition) is 1. The van der Waals surface area contributed by atoms with E-state index in [0.29, 0.717) is 0 Å². The largest absolute Gasteiger partial charge is 0.285 e. The average molecular weight is 341 g/mol. The zero-order chi connectivity index (χ0) is 18.4. The predicted molar refractivity (Wildman–Crippen MR) is 113 cm³/mol. The lowest BCUT2D eigenvalue weighted by Gasteiger charge is -2.13. The van der Waals surface area contributed by atoms with Crippen LogP contribution in [0, 0.1) is 0 Å². The van der Waals surface area contributed by atoms with Crippen molar-refractivity contribution in [3.8, 4) is 11.1 Å². The third-order valence-electron chi connectivity index (χ3n) is 4.91. The maximum atomic E-state index is 4.81. The van der Waals surface area contributed by atoms with Crippen LogP contribution in [0.3, 0.4) is 0 Å². The molecule has 0 aliphatic rings. The van der Waals surface area contributed by atoms with Crippen LogP contribution in [0.1, 0.15) is 49.1 Å². The van der Waals surface area contributed by atoms with E-state index < -0.39 is 0 Å². The molecule has 3 aromatic carbocycles. The topological polar surface area (TPSA) is 12.4 Å². The van der Waals surface area contributed by atoms with Gasteiger partial charge in [-0.25, -0.2) is 0 Å². The highest BCUT2D eigenvalue weighted by Crippen LogP contribution is 2.24. The van der Waals surface area contributed by atoms with Gasteiger partial charge in [0.25, 0.3) is 0 Å². The maximum absolute atomic E-state index is 4.81. The molecular weight excluding hydrogens is 314 g/mol. The number of rotatable bonds is 6. The number of hydrogen-bond donors (Lipinski definition) is 0. The molecule has 0 aromatic heterocycles. The van der Waals surface area contributed by atoms with Crippen molar-refractivity contribution >= 4 is 6.21 Å². The molecule has 0 amide bonds. The molecular formula is C25H27N. The summed E-state index contributed by atoms with van der Waals surface area (Å²) >= 11 is 0. The van der Waals surface area contributed by atoms with Crippen LogP contribution in [-0.4, -0.2) is 6.21 Å². The van der Waals surface area contributed by atoms with Gasteiger partial charge in [-0.15, -0.1) is 0 Å². The molecule has 0 bridgehead atoms. The van der Waals surface area contributed by atoms with Gasteiger partial charge in [-0.05, 0) is 53.1 Å². The molecule has 0 radical (unpaired) electrons. The molecule has 0 N–H and O–H groups in total. The summed E-state index contributed by atoms with van der Waals surface area (Å²) in [5, 5.41) is 0. The quantitative estimate of drug-likeness (QED) is 0.445. The minimum absolute atomic E-state index is 0.171. The summed E-state index contributed by atoms with van der Waals surface area (Å²) in [5.74, 6) is 0. The van der Waals surface area contributed by atoms with Crippen molar-refractivity contribution in [3.05, 3.63) is 95.1 Å². The van der Waals surface area contributed by atoms with Gasteiger partial charge in [0.1, 0.15) is 0 Å². The Morgan fingerprint density at radius 1 is 0.808 bits per heavy atom. The number of nitrogens with zero attached hydrogens (tertiary/aromatic N) is 1. The third kappa shape index (κ3) is 4.29. The SMILES string of the molecule is CCc1ccc(C(C)/N=C\c2ccc(-c3ccccc3)cc2)c(CC)c1. The molecule has 3 rings (SSSR count). The highest BCUT2D eigenvalue weighted by atomic mass is 14.8. The van der Waals surface area contributed by atoms with Crippen molar-refractivity contribution < 1.29 is 0 Å². The van der Waals surface area contributed by atoms with E-state index in [1.54, 1.807) is 0 Å². The smallest absolute Gasteiger partial charge is 0.0723 e. The Balaban J connectivity index is 1.75. The molecule has 0 spiro atoms. The average Bonchev–Trinajstić information content (AvgIpc) is 2.72. The van der Waals surface area contributed by atoms with Crippen molar-refractivity contribution in [2.24, 2.45) is 4.99 Å². The van der Waals surface area contributed by atoms with E-state index in [9.17, 15) is 0 Å². The van der Waals surface area contributed by atoms with Gasteiger partial charge in [-0.2, -0.15) is 0 Å². The Morgan fingerprint density at radius 3 is 2.15 bits per heavy atom. The fourth-order valence-electron chi connectivity index (χ4n) is 3.26. The molecule has 0 aliphatic carbocycles. The molecule has 0 aliphatic heterocycles. The standard InChI is InChI=1S/C25H27N/c1-4-20-13-16-25(22(5-2)17-20)19(3)26-18-21-11-14-24(15-12-21)23-9-7-6-8-10-23/h6-19H,4-5H2,1-3H3/b26-18-. The van der Waals surface area contributed by atoms with Crippen molar-refractivity contribution in [2.75, 3.05) is 0 Å². The molecule has 1 unspecified atom stereocenters. The Bertz CT molecular complexity index is 860. The van der Waals surface area contributed by atoms with Gasteiger partial charge in [-0.3, -0.25) is 4.99 Å². The Hall–Kier alpha value is -2.67. The Labute approximate surface area is 157 Å². The number of aryl methyl sites for hydroxylation is 2. The monoisotopic (exact) mass is 341 g/mol. The Kier molecular flexibility index (Phi) is 6.01. The van der Waals surface area contributed by atoms with Crippen molar-refractivity contribution in [1.29, 1.82) is 0 Å². The van der Waals surface area contributed by atoms with Gasteiger partial charge in [-0.1, -0.05) is 86.6 Å². The molecule has 26 heavy (non-hydrogen) atoms. The molecule has 0 saturated carbocycles. The summed E-state index contributed by atoms with van der Waals surface area (Å²) in [7, 11) is 0. The second-order valence-corrected chi connectivity index (χ2v) is 6.68. The van der Waals surface area contributed by atoms with Crippen LogP contribution in [0.5, 0.6) is 0 Å². The van der Waals surface area contributed by atoms with Crippen LogP contribution in [0.25, 0.3) is 11.1 Å². The minimum atomic E-state index is 0.171. The van der Waals surface area contributed by atoms with E-state index in [2.05, 4.69) is 87.5 Å². The fraction of sp³-hybridized carbons (Fsp3) is 0.240. The first-order valence-corrected chi connectivity index (χ1v) is 9.51. The molecule has 3 aromatic rings. The second-order valence-electron chi connectivity index (χ2n) is 6.68. The molecule has 0 saturated heterocycles. The minimum Gasteiger partial charge on any atom is -0.285 e. The molecule has 1 heteroatoms. The zero-order valence-corrected chi connectivity index (χ0v) is 15.9. The summed E-state index contributed by atoms with van der Waals surface area (Å²) in [6.45, 7) is 6.60. The van der Waals surface area contributed by atoms with E-state index in [1.807, 2.05) is 12.3 Å². The number of aliphatic imine (C=N–C) groups is 1. The van der Waals surface area contributed by atoms with Crippen LogP contribution in [0.4, 0.5) is 0 Å². The second kappa shape index (κ2) is 8.62. The van der Waals surface area contributed by atoms with Crippen LogP contribution in [0.2, 0.25) is 0 Å². The summed E-state index contributed by atoms with van der Waals surface area (Å²) in [4.78, 5) is 4.81. The maximum Gasteiger partial charge on any atom is 0.0723 e. The first-order valence-electron chi connectivity index (χ1n) is 9.51. The normalized spacial score (nSPS) is 12.4. The highest BCUT2D eigenvalue weighted by molar-refractivity contribution is 5.81. The lowest BCUT2D eigenvalue weighted by molar-refractivity contribution is 0.805. The van der Waals surface area contributed by atoms with E-state index in [0.717, 1.165) is 18.4 Å². The van der Waals surface area contributed by atoms with Crippen LogP contribution in [-0.2, 0) is 12.8 Å². The first kappa shape index (κ1) is 18.1. The van der Waals surface area contributed by atoms with E-state index in [1.165, 1.54) is 27.8 Å². The van der Waals surface area contributed by atoms with Gasteiger partial charge in [0.15, 0.2) is 0 Å². The molecule has 0 fully saturated rings. The third-order valence-corrected chi connectivity index (χ3v) is 4.91. The first-order chi connectivity index (χ1) is 12.7.